The molecular weight excluding hydrogens is 236 g/mol. The quantitative estimate of drug-likeness (QED) is 0.902. The van der Waals surface area contributed by atoms with Crippen LogP contribution in [0.3, 0.4) is 0 Å². The Morgan fingerprint density at radius 2 is 2.05 bits per heavy atom. The van der Waals surface area contributed by atoms with Crippen LogP contribution in [0, 0.1) is 0 Å². The Bertz CT molecular complexity index is 398. The third-order valence-corrected chi connectivity index (χ3v) is 4.30. The van der Waals surface area contributed by atoms with Crippen LogP contribution in [0.15, 0.2) is 24.3 Å². The van der Waals surface area contributed by atoms with Gasteiger partial charge in [0.1, 0.15) is 11.9 Å². The number of hydrogen-bond donors (Lipinski definition) is 1. The van der Waals surface area contributed by atoms with Crippen LogP contribution in [0.5, 0.6) is 5.75 Å². The molecule has 0 aromatic heterocycles. The normalized spacial score (nSPS) is 28.5. The number of likely N-dealkylation sites (N-methyl/N-ethyl adjacent to an activating group) is 1. The third kappa shape index (κ3) is 3.28. The summed E-state index contributed by atoms with van der Waals surface area (Å²) in [6.07, 6.45) is 4.04. The van der Waals surface area contributed by atoms with E-state index in [1.165, 1.54) is 31.4 Å². The lowest BCUT2D eigenvalue weighted by molar-refractivity contribution is 0.104. The Hall–Kier alpha value is -1.06. The lowest BCUT2D eigenvalue weighted by Gasteiger charge is -2.30. The van der Waals surface area contributed by atoms with E-state index >= 15 is 0 Å². The van der Waals surface area contributed by atoms with Crippen molar-refractivity contribution in [1.29, 1.82) is 0 Å². The van der Waals surface area contributed by atoms with E-state index in [0.29, 0.717) is 12.0 Å². The molecule has 0 aliphatic carbocycles. The summed E-state index contributed by atoms with van der Waals surface area (Å²) in [7, 11) is 2.17. The number of rotatable bonds is 3. The molecule has 2 saturated heterocycles. The number of likely N-dealkylation sites (tertiary alicyclic amines) is 1. The van der Waals surface area contributed by atoms with Crippen LogP contribution in [0.2, 0.25) is 0 Å². The second-order valence-corrected chi connectivity index (χ2v) is 5.90. The van der Waals surface area contributed by atoms with Gasteiger partial charge >= 0.3 is 0 Å². The van der Waals surface area contributed by atoms with Crippen molar-refractivity contribution in [2.75, 3.05) is 33.2 Å². The molecule has 2 aliphatic rings. The average Bonchev–Trinajstić information content (AvgIpc) is 2.94. The van der Waals surface area contributed by atoms with Gasteiger partial charge in [0.25, 0.3) is 0 Å². The number of hydrogen-bond acceptors (Lipinski definition) is 3. The molecule has 1 aromatic carbocycles. The molecule has 3 rings (SSSR count). The molecule has 3 heteroatoms. The molecule has 104 valence electrons. The van der Waals surface area contributed by atoms with E-state index in [9.17, 15) is 0 Å². The third-order valence-electron chi connectivity index (χ3n) is 4.30. The summed E-state index contributed by atoms with van der Waals surface area (Å²) in [5, 5.41) is 3.42. The predicted octanol–water partition coefficient (Wildman–Crippen LogP) is 2.24. The van der Waals surface area contributed by atoms with Gasteiger partial charge in [-0.2, -0.15) is 0 Å². The van der Waals surface area contributed by atoms with Gasteiger partial charge in [-0.1, -0.05) is 12.1 Å². The summed E-state index contributed by atoms with van der Waals surface area (Å²) in [4.78, 5) is 2.35. The number of piperidine rings is 1. The van der Waals surface area contributed by atoms with E-state index in [2.05, 4.69) is 41.5 Å². The Kier molecular flexibility index (Phi) is 4.04. The first-order valence-corrected chi connectivity index (χ1v) is 7.47. The molecule has 1 aromatic rings. The largest absolute Gasteiger partial charge is 0.489 e. The average molecular weight is 260 g/mol. The highest BCUT2D eigenvalue weighted by molar-refractivity contribution is 5.30. The van der Waals surface area contributed by atoms with Crippen molar-refractivity contribution in [1.82, 2.24) is 10.2 Å². The highest BCUT2D eigenvalue weighted by atomic mass is 16.5. The molecule has 19 heavy (non-hydrogen) atoms. The van der Waals surface area contributed by atoms with Crippen molar-refractivity contribution in [3.05, 3.63) is 29.8 Å². The highest BCUT2D eigenvalue weighted by Gasteiger charge is 2.19. The summed E-state index contributed by atoms with van der Waals surface area (Å²) >= 11 is 0. The first-order chi connectivity index (χ1) is 9.31. The smallest absolute Gasteiger partial charge is 0.119 e. The van der Waals surface area contributed by atoms with E-state index in [1.807, 2.05) is 0 Å². The van der Waals surface area contributed by atoms with Gasteiger partial charge in [0, 0.05) is 13.1 Å². The van der Waals surface area contributed by atoms with Gasteiger partial charge < -0.3 is 15.0 Å². The number of nitrogens with zero attached hydrogens (tertiary/aromatic N) is 1. The van der Waals surface area contributed by atoms with Gasteiger partial charge in [-0.3, -0.25) is 0 Å². The fraction of sp³-hybridized carbons (Fsp3) is 0.625. The van der Waals surface area contributed by atoms with Crippen LogP contribution < -0.4 is 10.1 Å². The molecule has 0 radical (unpaired) electrons. The number of nitrogens with one attached hydrogen (secondary N) is 1. The zero-order chi connectivity index (χ0) is 13.1. The summed E-state index contributed by atoms with van der Waals surface area (Å²) in [6.45, 7) is 4.52. The maximum Gasteiger partial charge on any atom is 0.119 e. The molecule has 0 spiro atoms. The molecule has 2 unspecified atom stereocenters. The second kappa shape index (κ2) is 5.93. The minimum atomic E-state index is 0.359. The zero-order valence-corrected chi connectivity index (χ0v) is 11.8. The predicted molar refractivity (Wildman–Crippen MR) is 77.8 cm³/mol. The molecular formula is C16H24N2O. The lowest BCUT2D eigenvalue weighted by Crippen LogP contribution is -2.38. The maximum atomic E-state index is 6.09. The molecule has 2 fully saturated rings. The molecule has 2 aliphatic heterocycles. The maximum absolute atomic E-state index is 6.09. The van der Waals surface area contributed by atoms with Crippen LogP contribution in [0.4, 0.5) is 0 Å². The fourth-order valence-electron chi connectivity index (χ4n) is 3.17. The van der Waals surface area contributed by atoms with Crippen LogP contribution in [0.1, 0.15) is 30.7 Å². The highest BCUT2D eigenvalue weighted by Crippen LogP contribution is 2.25. The standard InChI is InChI=1S/C16H24N2O/c1-18-10-2-3-16(12-18)19-15-6-4-13(5-7-15)14-8-9-17-11-14/h4-7,14,16-17H,2-3,8-12H2,1H3. The summed E-state index contributed by atoms with van der Waals surface area (Å²) in [5.41, 5.74) is 1.44. The summed E-state index contributed by atoms with van der Waals surface area (Å²) in [5.74, 6) is 1.71. The van der Waals surface area contributed by atoms with Gasteiger partial charge in [0.05, 0.1) is 0 Å². The minimum absolute atomic E-state index is 0.359. The Morgan fingerprint density at radius 3 is 2.74 bits per heavy atom. The van der Waals surface area contributed by atoms with Crippen molar-refractivity contribution in [3.63, 3.8) is 0 Å². The molecule has 1 N–H and O–H groups in total. The first kappa shape index (κ1) is 12.9. The molecule has 2 atom stereocenters. The van der Waals surface area contributed by atoms with Gasteiger partial charge in [-0.05, 0) is 63.0 Å². The van der Waals surface area contributed by atoms with Crippen molar-refractivity contribution in [2.24, 2.45) is 0 Å². The van der Waals surface area contributed by atoms with Crippen LogP contribution >= 0.6 is 0 Å². The lowest BCUT2D eigenvalue weighted by atomic mass is 9.98. The Balaban J connectivity index is 1.59. The Morgan fingerprint density at radius 1 is 1.21 bits per heavy atom. The molecule has 0 bridgehead atoms. The number of ether oxygens (including phenoxy) is 1. The molecule has 0 amide bonds. The van der Waals surface area contributed by atoms with Crippen molar-refractivity contribution < 1.29 is 4.74 Å². The van der Waals surface area contributed by atoms with Crippen molar-refractivity contribution in [2.45, 2.75) is 31.3 Å². The van der Waals surface area contributed by atoms with Crippen LogP contribution in [0.25, 0.3) is 0 Å². The van der Waals surface area contributed by atoms with Crippen LogP contribution in [-0.4, -0.2) is 44.2 Å². The summed E-state index contributed by atoms with van der Waals surface area (Å²) < 4.78 is 6.09. The molecule has 0 saturated carbocycles. The molecule has 3 nitrogen and oxygen atoms in total. The van der Waals surface area contributed by atoms with Gasteiger partial charge in [0.2, 0.25) is 0 Å². The van der Waals surface area contributed by atoms with Crippen molar-refractivity contribution >= 4 is 0 Å². The van der Waals surface area contributed by atoms with Gasteiger partial charge in [-0.25, -0.2) is 0 Å². The summed E-state index contributed by atoms with van der Waals surface area (Å²) in [6, 6.07) is 8.75. The number of benzene rings is 1. The first-order valence-electron chi connectivity index (χ1n) is 7.47. The zero-order valence-electron chi connectivity index (χ0n) is 11.8. The van der Waals surface area contributed by atoms with E-state index in [4.69, 9.17) is 4.74 Å². The van der Waals surface area contributed by atoms with E-state index in [-0.39, 0.29) is 0 Å². The van der Waals surface area contributed by atoms with Gasteiger partial charge in [0.15, 0.2) is 0 Å². The fourth-order valence-corrected chi connectivity index (χ4v) is 3.17. The van der Waals surface area contributed by atoms with Crippen molar-refractivity contribution in [3.8, 4) is 5.75 Å². The van der Waals surface area contributed by atoms with Crippen LogP contribution in [-0.2, 0) is 0 Å². The SMILES string of the molecule is CN1CCCC(Oc2ccc(C3CCNC3)cc2)C1. The second-order valence-electron chi connectivity index (χ2n) is 5.90. The topological polar surface area (TPSA) is 24.5 Å². The van der Waals surface area contributed by atoms with E-state index in [1.54, 1.807) is 0 Å². The van der Waals surface area contributed by atoms with E-state index < -0.39 is 0 Å². The Labute approximate surface area is 115 Å². The minimum Gasteiger partial charge on any atom is -0.489 e. The van der Waals surface area contributed by atoms with E-state index in [0.717, 1.165) is 25.4 Å². The monoisotopic (exact) mass is 260 g/mol. The molecule has 2 heterocycles. The van der Waals surface area contributed by atoms with Gasteiger partial charge in [-0.15, -0.1) is 0 Å².